The van der Waals surface area contributed by atoms with Crippen LogP contribution in [-0.2, 0) is 0 Å². The van der Waals surface area contributed by atoms with Gasteiger partial charge in [0.05, 0.1) is 6.04 Å². The van der Waals surface area contributed by atoms with E-state index in [1.807, 2.05) is 0 Å². The number of halogens is 3. The lowest BCUT2D eigenvalue weighted by atomic mass is 10.1. The van der Waals surface area contributed by atoms with Crippen LogP contribution in [0.4, 0.5) is 8.78 Å². The third-order valence-electron chi connectivity index (χ3n) is 3.75. The van der Waals surface area contributed by atoms with E-state index in [-0.39, 0.29) is 33.9 Å². The maximum atomic E-state index is 13.7. The van der Waals surface area contributed by atoms with Crippen LogP contribution in [0.1, 0.15) is 34.6 Å². The SMILES string of the molecule is Cc1c(F)cc([C@@H](C)NC(=O)c2coc(Oc3cccc(Cl)n3)n2)cc1F. The lowest BCUT2D eigenvalue weighted by molar-refractivity contribution is 0.0934. The van der Waals surface area contributed by atoms with Crippen molar-refractivity contribution in [2.75, 3.05) is 0 Å². The minimum absolute atomic E-state index is 0.0630. The summed E-state index contributed by atoms with van der Waals surface area (Å²) in [4.78, 5) is 20.1. The molecule has 0 saturated carbocycles. The van der Waals surface area contributed by atoms with Gasteiger partial charge in [-0.25, -0.2) is 13.8 Å². The van der Waals surface area contributed by atoms with Crippen molar-refractivity contribution < 1.29 is 22.7 Å². The lowest BCUT2D eigenvalue weighted by Gasteiger charge is -2.14. The number of benzene rings is 1. The van der Waals surface area contributed by atoms with Gasteiger partial charge in [-0.3, -0.25) is 4.79 Å². The van der Waals surface area contributed by atoms with Crippen LogP contribution in [-0.4, -0.2) is 15.9 Å². The van der Waals surface area contributed by atoms with Crippen LogP contribution in [0.2, 0.25) is 5.15 Å². The molecule has 140 valence electrons. The fourth-order valence-corrected chi connectivity index (χ4v) is 2.37. The van der Waals surface area contributed by atoms with Crippen LogP contribution >= 0.6 is 11.6 Å². The van der Waals surface area contributed by atoms with Crippen molar-refractivity contribution in [3.63, 3.8) is 0 Å². The average Bonchev–Trinajstić information content (AvgIpc) is 3.07. The molecule has 6 nitrogen and oxygen atoms in total. The van der Waals surface area contributed by atoms with E-state index in [1.54, 1.807) is 25.1 Å². The van der Waals surface area contributed by atoms with Crippen LogP contribution in [0, 0.1) is 18.6 Å². The normalized spacial score (nSPS) is 11.9. The number of rotatable bonds is 5. The van der Waals surface area contributed by atoms with Gasteiger partial charge in [-0.1, -0.05) is 17.7 Å². The van der Waals surface area contributed by atoms with E-state index < -0.39 is 23.6 Å². The van der Waals surface area contributed by atoms with Crippen LogP contribution < -0.4 is 10.1 Å². The molecule has 0 aliphatic carbocycles. The largest absolute Gasteiger partial charge is 0.416 e. The van der Waals surface area contributed by atoms with Gasteiger partial charge in [0.2, 0.25) is 5.88 Å². The second-order valence-corrected chi connectivity index (χ2v) is 6.09. The zero-order valence-electron chi connectivity index (χ0n) is 14.3. The van der Waals surface area contributed by atoms with E-state index in [1.165, 1.54) is 19.1 Å². The summed E-state index contributed by atoms with van der Waals surface area (Å²) >= 11 is 5.75. The molecule has 1 atom stereocenters. The van der Waals surface area contributed by atoms with Gasteiger partial charge in [-0.15, -0.1) is 0 Å². The number of aromatic nitrogens is 2. The minimum atomic E-state index is -0.683. The van der Waals surface area contributed by atoms with E-state index in [9.17, 15) is 13.6 Å². The van der Waals surface area contributed by atoms with Crippen LogP contribution in [0.25, 0.3) is 0 Å². The molecule has 0 spiro atoms. The molecule has 0 saturated heterocycles. The summed E-state index contributed by atoms with van der Waals surface area (Å²) in [6.07, 6.45) is 0.896. The number of nitrogens with zero attached hydrogens (tertiary/aromatic N) is 2. The molecule has 2 aromatic heterocycles. The molecule has 3 aromatic rings. The summed E-state index contributed by atoms with van der Waals surface area (Å²) in [7, 11) is 0. The Morgan fingerprint density at radius 2 is 1.96 bits per heavy atom. The molecule has 0 fully saturated rings. The molecule has 0 radical (unpaired) electrons. The summed E-state index contributed by atoms with van der Waals surface area (Å²) in [5, 5.41) is 2.81. The van der Waals surface area contributed by atoms with Gasteiger partial charge in [-0.2, -0.15) is 4.98 Å². The molecular weight excluding hydrogens is 380 g/mol. The van der Waals surface area contributed by atoms with E-state index >= 15 is 0 Å². The Morgan fingerprint density at radius 1 is 1.26 bits per heavy atom. The van der Waals surface area contributed by atoms with Crippen LogP contribution in [0.3, 0.4) is 0 Å². The third kappa shape index (κ3) is 4.40. The van der Waals surface area contributed by atoms with E-state index in [2.05, 4.69) is 15.3 Å². The Morgan fingerprint density at radius 3 is 2.63 bits per heavy atom. The molecule has 1 N–H and O–H groups in total. The van der Waals surface area contributed by atoms with E-state index in [0.29, 0.717) is 0 Å². The fraction of sp³-hybridized carbons (Fsp3) is 0.167. The number of nitrogens with one attached hydrogen (secondary N) is 1. The Balaban J connectivity index is 1.69. The first-order valence-electron chi connectivity index (χ1n) is 7.86. The quantitative estimate of drug-likeness (QED) is 0.641. The Hall–Kier alpha value is -3.00. The van der Waals surface area contributed by atoms with Crippen molar-refractivity contribution in [2.24, 2.45) is 0 Å². The monoisotopic (exact) mass is 393 g/mol. The first kappa shape index (κ1) is 18.8. The molecule has 0 aliphatic heterocycles. The van der Waals surface area contributed by atoms with Gasteiger partial charge < -0.3 is 14.5 Å². The number of carbonyl (C=O) groups is 1. The summed E-state index contributed by atoms with van der Waals surface area (Å²) < 4.78 is 37.7. The predicted octanol–water partition coefficient (Wildman–Crippen LogP) is 4.59. The molecular formula is C18H14ClF2N3O3. The van der Waals surface area contributed by atoms with Gasteiger partial charge in [0.1, 0.15) is 23.1 Å². The highest BCUT2D eigenvalue weighted by atomic mass is 35.5. The van der Waals surface area contributed by atoms with Crippen molar-refractivity contribution in [2.45, 2.75) is 19.9 Å². The number of hydrogen-bond donors (Lipinski definition) is 1. The highest BCUT2D eigenvalue weighted by molar-refractivity contribution is 6.29. The van der Waals surface area contributed by atoms with E-state index in [4.69, 9.17) is 20.8 Å². The number of ether oxygens (including phenoxy) is 1. The maximum Gasteiger partial charge on any atom is 0.401 e. The summed E-state index contributed by atoms with van der Waals surface area (Å²) in [5.74, 6) is -1.81. The molecule has 1 aromatic carbocycles. The zero-order chi connectivity index (χ0) is 19.6. The molecule has 9 heteroatoms. The Kier molecular flexibility index (Phi) is 5.36. The topological polar surface area (TPSA) is 77.2 Å². The number of oxazole rings is 1. The first-order valence-corrected chi connectivity index (χ1v) is 8.23. The Bertz CT molecular complexity index is 970. The molecule has 1 amide bonds. The minimum Gasteiger partial charge on any atom is -0.416 e. The van der Waals surface area contributed by atoms with Crippen molar-refractivity contribution in [3.8, 4) is 12.0 Å². The highest BCUT2D eigenvalue weighted by Gasteiger charge is 2.18. The van der Waals surface area contributed by atoms with Crippen molar-refractivity contribution >= 4 is 17.5 Å². The number of pyridine rings is 1. The van der Waals surface area contributed by atoms with Gasteiger partial charge in [0, 0.05) is 11.6 Å². The van der Waals surface area contributed by atoms with Crippen molar-refractivity contribution in [3.05, 3.63) is 70.2 Å². The summed E-state index contributed by atoms with van der Waals surface area (Å²) in [6.45, 7) is 2.93. The number of hydrogen-bond acceptors (Lipinski definition) is 5. The summed E-state index contributed by atoms with van der Waals surface area (Å²) in [6, 6.07) is 6.43. The standard InChI is InChI=1S/C18H14ClF2N3O3/c1-9-12(20)6-11(7-13(9)21)10(2)22-17(25)14-8-26-18(23-14)27-16-5-3-4-15(19)24-16/h3-8,10H,1-2H3,(H,22,25)/t10-/m1/s1. The zero-order valence-corrected chi connectivity index (χ0v) is 15.1. The van der Waals surface area contributed by atoms with Gasteiger partial charge in [-0.05, 0) is 37.6 Å². The molecule has 3 rings (SSSR count). The second-order valence-electron chi connectivity index (χ2n) is 5.70. The third-order valence-corrected chi connectivity index (χ3v) is 3.96. The average molecular weight is 394 g/mol. The molecule has 2 heterocycles. The van der Waals surface area contributed by atoms with Crippen LogP contribution in [0.15, 0.2) is 41.0 Å². The highest BCUT2D eigenvalue weighted by Crippen LogP contribution is 2.22. The smallest absolute Gasteiger partial charge is 0.401 e. The maximum absolute atomic E-state index is 13.7. The van der Waals surface area contributed by atoms with Crippen molar-refractivity contribution in [1.82, 2.24) is 15.3 Å². The fourth-order valence-electron chi connectivity index (χ4n) is 2.21. The van der Waals surface area contributed by atoms with Crippen LogP contribution in [0.5, 0.6) is 12.0 Å². The van der Waals surface area contributed by atoms with Gasteiger partial charge >= 0.3 is 6.08 Å². The van der Waals surface area contributed by atoms with Crippen molar-refractivity contribution in [1.29, 1.82) is 0 Å². The Labute approximate surface area is 158 Å². The van der Waals surface area contributed by atoms with Gasteiger partial charge in [0.25, 0.3) is 5.91 Å². The molecule has 27 heavy (non-hydrogen) atoms. The first-order chi connectivity index (χ1) is 12.8. The second kappa shape index (κ2) is 7.71. The molecule has 0 aliphatic rings. The number of carbonyl (C=O) groups excluding carboxylic acids is 1. The van der Waals surface area contributed by atoms with Gasteiger partial charge in [0.15, 0.2) is 5.69 Å². The van der Waals surface area contributed by atoms with E-state index in [0.717, 1.165) is 6.26 Å². The summed E-state index contributed by atoms with van der Waals surface area (Å²) in [5.41, 5.74) is 0.143. The molecule has 0 unspecified atom stereocenters. The number of amides is 1. The molecule has 0 bridgehead atoms. The predicted molar refractivity (Wildman–Crippen MR) is 92.8 cm³/mol. The lowest BCUT2D eigenvalue weighted by Crippen LogP contribution is -2.27.